The third kappa shape index (κ3) is 5.28. The van der Waals surface area contributed by atoms with Gasteiger partial charge in [-0.25, -0.2) is 18.3 Å². The van der Waals surface area contributed by atoms with Gasteiger partial charge in [0.2, 0.25) is 0 Å². The first-order valence-electron chi connectivity index (χ1n) is 11.8. The molecule has 0 bridgehead atoms. The molecular formula is C28H21F2N5O4. The maximum absolute atomic E-state index is 13.9. The molecule has 0 unspecified atom stereocenters. The lowest BCUT2D eigenvalue weighted by Gasteiger charge is -2.12. The summed E-state index contributed by atoms with van der Waals surface area (Å²) in [5.74, 6) is -0.0915. The van der Waals surface area contributed by atoms with Gasteiger partial charge in [-0.1, -0.05) is 42.5 Å². The van der Waals surface area contributed by atoms with Gasteiger partial charge in [0.15, 0.2) is 5.65 Å². The maximum atomic E-state index is 13.9. The van der Waals surface area contributed by atoms with Crippen molar-refractivity contribution in [2.75, 3.05) is 5.32 Å². The highest BCUT2D eigenvalue weighted by molar-refractivity contribution is 6.08. The number of halogens is 2. The molecule has 3 aromatic carbocycles. The number of ether oxygens (including phenoxy) is 1. The van der Waals surface area contributed by atoms with Crippen LogP contribution in [0.2, 0.25) is 0 Å². The van der Waals surface area contributed by atoms with Gasteiger partial charge in [0.1, 0.15) is 22.8 Å². The maximum Gasteiger partial charge on any atom is 0.280 e. The third-order valence-corrected chi connectivity index (χ3v) is 5.97. The summed E-state index contributed by atoms with van der Waals surface area (Å²) in [6.07, 6.45) is -1.75. The molecule has 0 fully saturated rings. The van der Waals surface area contributed by atoms with Gasteiger partial charge >= 0.3 is 0 Å². The summed E-state index contributed by atoms with van der Waals surface area (Å²) in [6.45, 7) is 3.72. The topological polar surface area (TPSA) is 112 Å². The highest BCUT2D eigenvalue weighted by Crippen LogP contribution is 2.32. The highest BCUT2D eigenvalue weighted by atomic mass is 19.3. The van der Waals surface area contributed by atoms with Gasteiger partial charge in [-0.05, 0) is 37.1 Å². The normalized spacial score (nSPS) is 11.1. The van der Waals surface area contributed by atoms with E-state index in [-0.39, 0.29) is 34.0 Å². The molecule has 11 heteroatoms. The van der Waals surface area contributed by atoms with Crippen molar-refractivity contribution >= 4 is 22.9 Å². The number of aromatic nitrogens is 3. The average Bonchev–Trinajstić information content (AvgIpc) is 3.34. The molecule has 0 saturated carbocycles. The fourth-order valence-electron chi connectivity index (χ4n) is 4.02. The van der Waals surface area contributed by atoms with E-state index in [9.17, 15) is 23.7 Å². The van der Waals surface area contributed by atoms with Crippen LogP contribution in [0.3, 0.4) is 0 Å². The van der Waals surface area contributed by atoms with Crippen molar-refractivity contribution in [2.45, 2.75) is 20.3 Å². The van der Waals surface area contributed by atoms with Gasteiger partial charge in [-0.15, -0.1) is 0 Å². The molecule has 0 aliphatic heterocycles. The minimum atomic E-state index is -2.88. The second-order valence-corrected chi connectivity index (χ2v) is 8.82. The molecular weight excluding hydrogens is 508 g/mol. The summed E-state index contributed by atoms with van der Waals surface area (Å²) in [5.41, 5.74) is 1.75. The quantitative estimate of drug-likeness (QED) is 0.181. The Kier molecular flexibility index (Phi) is 6.72. The molecule has 5 rings (SSSR count). The van der Waals surface area contributed by atoms with Gasteiger partial charge in [0, 0.05) is 17.7 Å². The number of carbonyl (C=O) groups excluding carboxylic acids is 1. The number of aryl methyl sites for hydroxylation is 2. The van der Waals surface area contributed by atoms with Crippen molar-refractivity contribution in [3.63, 3.8) is 0 Å². The Balaban J connectivity index is 1.52. The molecule has 0 aliphatic rings. The molecule has 39 heavy (non-hydrogen) atoms. The van der Waals surface area contributed by atoms with Crippen LogP contribution < -0.4 is 10.1 Å². The number of hydrogen-bond donors (Lipinski definition) is 1. The number of benzene rings is 3. The van der Waals surface area contributed by atoms with Crippen LogP contribution in [-0.4, -0.2) is 25.4 Å². The minimum absolute atomic E-state index is 0.0714. The van der Waals surface area contributed by atoms with Crippen molar-refractivity contribution in [2.24, 2.45) is 0 Å². The monoisotopic (exact) mass is 529 g/mol. The molecule has 0 aliphatic carbocycles. The summed E-state index contributed by atoms with van der Waals surface area (Å²) in [7, 11) is 0. The van der Waals surface area contributed by atoms with Crippen LogP contribution >= 0.6 is 0 Å². The van der Waals surface area contributed by atoms with Crippen molar-refractivity contribution in [3.05, 3.63) is 111 Å². The van der Waals surface area contributed by atoms with Crippen molar-refractivity contribution in [1.82, 2.24) is 14.6 Å². The summed E-state index contributed by atoms with van der Waals surface area (Å²) in [6, 6.07) is 19.3. The molecule has 2 aromatic heterocycles. The van der Waals surface area contributed by atoms with E-state index < -0.39 is 22.9 Å². The Hall–Kier alpha value is -5.19. The van der Waals surface area contributed by atoms with E-state index in [1.807, 2.05) is 26.0 Å². The number of nitrogens with zero attached hydrogens (tertiary/aromatic N) is 4. The van der Waals surface area contributed by atoms with E-state index >= 15 is 0 Å². The van der Waals surface area contributed by atoms with Gasteiger partial charge < -0.3 is 10.1 Å². The number of anilines is 1. The van der Waals surface area contributed by atoms with E-state index in [0.29, 0.717) is 11.3 Å². The fraction of sp³-hybridized carbons (Fsp3) is 0.107. The summed E-state index contributed by atoms with van der Waals surface area (Å²) in [5, 5.41) is 18.1. The molecule has 0 saturated heterocycles. The number of nitrogens with one attached hydrogen (secondary N) is 1. The second-order valence-electron chi connectivity index (χ2n) is 8.82. The number of fused-ring (bicyclic) bond motifs is 1. The first-order valence-corrected chi connectivity index (χ1v) is 11.8. The van der Waals surface area contributed by atoms with Gasteiger partial charge in [-0.3, -0.25) is 14.9 Å². The van der Waals surface area contributed by atoms with E-state index in [1.54, 1.807) is 36.4 Å². The molecule has 0 spiro atoms. The molecule has 1 amide bonds. The Labute approximate surface area is 220 Å². The molecule has 5 aromatic rings. The van der Waals surface area contributed by atoms with E-state index in [4.69, 9.17) is 4.74 Å². The minimum Gasteiger partial charge on any atom is -0.457 e. The Morgan fingerprint density at radius 1 is 1.05 bits per heavy atom. The predicted octanol–water partition coefficient (Wildman–Crippen LogP) is 6.90. The zero-order chi connectivity index (χ0) is 27.7. The first kappa shape index (κ1) is 25.5. The van der Waals surface area contributed by atoms with E-state index in [2.05, 4.69) is 15.4 Å². The Bertz CT molecular complexity index is 1720. The van der Waals surface area contributed by atoms with Crippen LogP contribution in [-0.2, 0) is 0 Å². The largest absolute Gasteiger partial charge is 0.457 e. The van der Waals surface area contributed by atoms with Crippen LogP contribution in [0.25, 0.3) is 16.9 Å². The molecule has 0 atom stereocenters. The van der Waals surface area contributed by atoms with Crippen LogP contribution in [0.4, 0.5) is 20.2 Å². The third-order valence-electron chi connectivity index (χ3n) is 5.97. The molecule has 2 heterocycles. The molecule has 1 N–H and O–H groups in total. The smallest absolute Gasteiger partial charge is 0.280 e. The van der Waals surface area contributed by atoms with Gasteiger partial charge in [0.05, 0.1) is 28.6 Å². The first-order chi connectivity index (χ1) is 18.7. The van der Waals surface area contributed by atoms with Crippen LogP contribution in [0, 0.1) is 24.0 Å². The summed E-state index contributed by atoms with van der Waals surface area (Å²) in [4.78, 5) is 28.7. The van der Waals surface area contributed by atoms with Crippen molar-refractivity contribution < 1.29 is 23.2 Å². The zero-order valence-electron chi connectivity index (χ0n) is 20.8. The number of nitro groups is 1. The van der Waals surface area contributed by atoms with Crippen LogP contribution in [0.5, 0.6) is 11.5 Å². The number of amides is 1. The molecule has 9 nitrogen and oxygen atoms in total. The number of non-ortho nitro benzene ring substituents is 1. The number of carbonyl (C=O) groups is 1. The lowest BCUT2D eigenvalue weighted by molar-refractivity contribution is -0.384. The van der Waals surface area contributed by atoms with Gasteiger partial charge in [-0.2, -0.15) is 5.10 Å². The predicted molar refractivity (Wildman–Crippen MR) is 140 cm³/mol. The van der Waals surface area contributed by atoms with E-state index in [1.165, 1.54) is 24.3 Å². The lowest BCUT2D eigenvalue weighted by Crippen LogP contribution is -2.13. The summed E-state index contributed by atoms with van der Waals surface area (Å²) >= 11 is 0. The standard InChI is InChI=1S/C28H21F2N5O4/c1-16-8-9-17(2)25(10-16)39-21-12-19(11-20(13-21)35(37)38)32-28(36)22-15-31-34-24(26(29)30)14-23(33-27(22)34)18-6-4-3-5-7-18/h3-15,26H,1-2H3,(H,32,36). The Morgan fingerprint density at radius 3 is 2.54 bits per heavy atom. The molecule has 196 valence electrons. The number of nitro benzene ring substituents is 1. The van der Waals surface area contributed by atoms with Crippen LogP contribution in [0.15, 0.2) is 79.0 Å². The Morgan fingerprint density at radius 2 is 1.82 bits per heavy atom. The molecule has 0 radical (unpaired) electrons. The van der Waals surface area contributed by atoms with Crippen molar-refractivity contribution in [3.8, 4) is 22.8 Å². The average molecular weight is 530 g/mol. The number of hydrogen-bond acceptors (Lipinski definition) is 6. The summed E-state index contributed by atoms with van der Waals surface area (Å²) < 4.78 is 34.6. The number of rotatable bonds is 7. The lowest BCUT2D eigenvalue weighted by atomic mass is 10.1. The van der Waals surface area contributed by atoms with Crippen molar-refractivity contribution in [1.29, 1.82) is 0 Å². The fourth-order valence-corrected chi connectivity index (χ4v) is 4.02. The van der Waals surface area contributed by atoms with E-state index in [0.717, 1.165) is 21.8 Å². The van der Waals surface area contributed by atoms with Crippen LogP contribution in [0.1, 0.15) is 33.6 Å². The highest BCUT2D eigenvalue weighted by Gasteiger charge is 2.22. The second kappa shape index (κ2) is 10.3. The number of alkyl halides is 2. The zero-order valence-corrected chi connectivity index (χ0v) is 20.8. The van der Waals surface area contributed by atoms with Gasteiger partial charge in [0.25, 0.3) is 18.0 Å². The SMILES string of the molecule is Cc1ccc(C)c(Oc2cc(NC(=O)c3cnn4c(C(F)F)cc(-c5ccccc5)nc34)cc([N+](=O)[O-])c2)c1.